The molecule has 2 rings (SSSR count). The molecule has 0 bridgehead atoms. The zero-order chi connectivity index (χ0) is 20.9. The number of guanidine groups is 1. The number of nitrogens with one attached hydrogen (secondary N) is 2. The van der Waals surface area contributed by atoms with E-state index >= 15 is 0 Å². The number of aryl methyl sites for hydroxylation is 2. The summed E-state index contributed by atoms with van der Waals surface area (Å²) in [5.41, 5.74) is 1.34. The molecule has 1 amide bonds. The van der Waals surface area contributed by atoms with Crippen molar-refractivity contribution >= 4 is 23.5 Å². The van der Waals surface area contributed by atoms with Gasteiger partial charge in [0.2, 0.25) is 5.96 Å². The van der Waals surface area contributed by atoms with Crippen LogP contribution in [0.2, 0.25) is 0 Å². The Labute approximate surface area is 158 Å². The number of rotatable bonds is 4. The van der Waals surface area contributed by atoms with Crippen molar-refractivity contribution in [1.82, 2.24) is 15.3 Å². The van der Waals surface area contributed by atoms with E-state index in [1.54, 1.807) is 31.3 Å². The first-order valence-corrected chi connectivity index (χ1v) is 7.90. The third-order valence-electron chi connectivity index (χ3n) is 3.33. The molecule has 0 atom stereocenters. The number of carbonyl (C=O) groups excluding carboxylic acids is 1. The van der Waals surface area contributed by atoms with E-state index in [1.807, 2.05) is 0 Å². The Bertz CT molecular complexity index is 880. The summed E-state index contributed by atoms with van der Waals surface area (Å²) in [6, 6.07) is 6.28. The van der Waals surface area contributed by atoms with Crippen molar-refractivity contribution in [1.29, 1.82) is 0 Å². The van der Waals surface area contributed by atoms with Gasteiger partial charge < -0.3 is 14.8 Å². The van der Waals surface area contributed by atoms with Gasteiger partial charge in [0.25, 0.3) is 5.95 Å². The van der Waals surface area contributed by atoms with Gasteiger partial charge in [-0.3, -0.25) is 10.1 Å². The second kappa shape index (κ2) is 8.55. The van der Waals surface area contributed by atoms with Gasteiger partial charge in [-0.25, -0.2) is 9.97 Å². The van der Waals surface area contributed by atoms with Gasteiger partial charge in [0.15, 0.2) is 0 Å². The summed E-state index contributed by atoms with van der Waals surface area (Å²) in [6.45, 7) is 3.36. The van der Waals surface area contributed by atoms with Crippen LogP contribution in [0.3, 0.4) is 0 Å². The highest BCUT2D eigenvalue weighted by Gasteiger charge is 2.39. The van der Waals surface area contributed by atoms with Gasteiger partial charge in [-0.15, -0.1) is 0 Å². The number of carbonyl (C=O) groups is 1. The number of aliphatic imine (C=N–C) groups is 1. The average Bonchev–Trinajstić information content (AvgIpc) is 2.59. The molecule has 1 aromatic heterocycles. The smallest absolute Gasteiger partial charge is 0.471 e. The normalized spacial score (nSPS) is 11.8. The Morgan fingerprint density at radius 1 is 1.07 bits per heavy atom. The molecule has 0 aliphatic heterocycles. The highest BCUT2D eigenvalue weighted by atomic mass is 19.4. The third kappa shape index (κ3) is 5.56. The summed E-state index contributed by atoms with van der Waals surface area (Å²) in [7, 11) is 2.81. The van der Waals surface area contributed by atoms with E-state index in [1.165, 1.54) is 26.4 Å². The fraction of sp³-hybridized carbons (Fsp3) is 0.294. The molecule has 0 saturated heterocycles. The van der Waals surface area contributed by atoms with Crippen LogP contribution < -0.4 is 20.1 Å². The molecule has 0 spiro atoms. The molecular formula is C17H18F3N5O3. The topological polar surface area (TPSA) is 97.7 Å². The summed E-state index contributed by atoms with van der Waals surface area (Å²) in [5, 5.41) is 4.28. The number of nitrogens with zero attached hydrogens (tertiary/aromatic N) is 3. The van der Waals surface area contributed by atoms with Gasteiger partial charge in [0.1, 0.15) is 11.5 Å². The molecular weight excluding hydrogens is 379 g/mol. The molecule has 0 aliphatic rings. The Kier molecular flexibility index (Phi) is 6.39. The van der Waals surface area contributed by atoms with E-state index in [9.17, 15) is 18.0 Å². The van der Waals surface area contributed by atoms with Crippen molar-refractivity contribution < 1.29 is 27.4 Å². The fourth-order valence-corrected chi connectivity index (χ4v) is 2.16. The lowest BCUT2D eigenvalue weighted by Crippen LogP contribution is -2.43. The minimum absolute atomic E-state index is 0.121. The van der Waals surface area contributed by atoms with Crippen LogP contribution in [0, 0.1) is 13.8 Å². The van der Waals surface area contributed by atoms with Gasteiger partial charge in [0, 0.05) is 17.5 Å². The number of anilines is 1. The molecule has 1 aromatic carbocycles. The van der Waals surface area contributed by atoms with Crippen LogP contribution in [0.5, 0.6) is 11.5 Å². The lowest BCUT2D eigenvalue weighted by atomic mass is 10.2. The Hall–Kier alpha value is -3.37. The molecule has 2 aromatic rings. The van der Waals surface area contributed by atoms with Crippen molar-refractivity contribution in [3.05, 3.63) is 35.7 Å². The molecule has 0 radical (unpaired) electrons. The van der Waals surface area contributed by atoms with Crippen LogP contribution in [0.1, 0.15) is 11.4 Å². The summed E-state index contributed by atoms with van der Waals surface area (Å²) in [5.74, 6) is -2.16. The Morgan fingerprint density at radius 3 is 2.25 bits per heavy atom. The number of hydrogen-bond donors (Lipinski definition) is 2. The number of ether oxygens (including phenoxy) is 2. The molecule has 11 heteroatoms. The Balaban J connectivity index is 2.46. The van der Waals surface area contributed by atoms with E-state index in [-0.39, 0.29) is 17.4 Å². The molecule has 8 nitrogen and oxygen atoms in total. The van der Waals surface area contributed by atoms with Gasteiger partial charge in [-0.05, 0) is 32.0 Å². The maximum Gasteiger partial charge on any atom is 0.471 e. The average molecular weight is 397 g/mol. The van der Waals surface area contributed by atoms with Gasteiger partial charge in [-0.1, -0.05) is 0 Å². The van der Waals surface area contributed by atoms with Crippen molar-refractivity contribution in [3.8, 4) is 11.5 Å². The number of amides is 1. The minimum atomic E-state index is -5.11. The molecule has 150 valence electrons. The third-order valence-corrected chi connectivity index (χ3v) is 3.33. The van der Waals surface area contributed by atoms with Crippen LogP contribution in [0.15, 0.2) is 29.3 Å². The summed E-state index contributed by atoms with van der Waals surface area (Å²) < 4.78 is 48.4. The second-order valence-corrected chi connectivity index (χ2v) is 5.55. The number of alkyl halides is 3. The van der Waals surface area contributed by atoms with Crippen LogP contribution in [0.4, 0.5) is 24.8 Å². The first kappa shape index (κ1) is 20.9. The lowest BCUT2D eigenvalue weighted by molar-refractivity contribution is -0.171. The number of methoxy groups -OCH3 is 2. The number of aromatic nitrogens is 2. The van der Waals surface area contributed by atoms with Gasteiger partial charge in [-0.2, -0.15) is 18.2 Å². The number of halogens is 3. The number of hydrogen-bond acceptors (Lipinski definition) is 6. The molecule has 28 heavy (non-hydrogen) atoms. The van der Waals surface area contributed by atoms with E-state index in [2.05, 4.69) is 20.3 Å². The zero-order valence-electron chi connectivity index (χ0n) is 15.5. The standard InChI is InChI=1S/C17H18F3N5O3/c1-9-7-10(2)22-15(21-9)25-16(24-14(26)17(18,19)20)23-12-8-11(27-3)5-6-13(12)28-4/h5-8H,1-4H3,(H2,21,22,23,24,25,26). The van der Waals surface area contributed by atoms with E-state index < -0.39 is 18.0 Å². The Morgan fingerprint density at radius 2 is 1.71 bits per heavy atom. The highest BCUT2D eigenvalue weighted by molar-refractivity contribution is 6.07. The van der Waals surface area contributed by atoms with E-state index in [4.69, 9.17) is 9.47 Å². The quantitative estimate of drug-likeness (QED) is 0.608. The van der Waals surface area contributed by atoms with Gasteiger partial charge >= 0.3 is 12.1 Å². The summed E-state index contributed by atoms with van der Waals surface area (Å²) >= 11 is 0. The van der Waals surface area contributed by atoms with Crippen LogP contribution in [-0.2, 0) is 4.79 Å². The first-order chi connectivity index (χ1) is 13.1. The van der Waals surface area contributed by atoms with Crippen molar-refractivity contribution in [2.45, 2.75) is 20.0 Å². The van der Waals surface area contributed by atoms with Crippen LogP contribution in [0.25, 0.3) is 0 Å². The maximum atomic E-state index is 12.7. The first-order valence-electron chi connectivity index (χ1n) is 7.90. The molecule has 0 saturated carbocycles. The molecule has 0 fully saturated rings. The number of benzene rings is 1. The second-order valence-electron chi connectivity index (χ2n) is 5.55. The maximum absolute atomic E-state index is 12.7. The summed E-state index contributed by atoms with van der Waals surface area (Å²) in [6.07, 6.45) is -5.11. The fourth-order valence-electron chi connectivity index (χ4n) is 2.16. The van der Waals surface area contributed by atoms with Crippen molar-refractivity contribution in [2.24, 2.45) is 4.99 Å². The van der Waals surface area contributed by atoms with Crippen molar-refractivity contribution in [3.63, 3.8) is 0 Å². The SMILES string of the molecule is COc1ccc(OC)c(N/C(=N\c2nc(C)cc(C)n2)NC(=O)C(F)(F)F)c1. The van der Waals surface area contributed by atoms with E-state index in [0.29, 0.717) is 17.1 Å². The minimum Gasteiger partial charge on any atom is -0.497 e. The summed E-state index contributed by atoms with van der Waals surface area (Å²) in [4.78, 5) is 23.4. The molecule has 0 unspecified atom stereocenters. The predicted octanol–water partition coefficient (Wildman–Crippen LogP) is 2.89. The molecule has 2 N–H and O–H groups in total. The molecule has 0 aliphatic carbocycles. The zero-order valence-corrected chi connectivity index (χ0v) is 15.5. The predicted molar refractivity (Wildman–Crippen MR) is 96.0 cm³/mol. The van der Waals surface area contributed by atoms with Crippen molar-refractivity contribution in [2.75, 3.05) is 19.5 Å². The monoisotopic (exact) mass is 397 g/mol. The van der Waals surface area contributed by atoms with E-state index in [0.717, 1.165) is 0 Å². The highest BCUT2D eigenvalue weighted by Crippen LogP contribution is 2.29. The largest absolute Gasteiger partial charge is 0.497 e. The van der Waals surface area contributed by atoms with Crippen LogP contribution >= 0.6 is 0 Å². The van der Waals surface area contributed by atoms with Crippen LogP contribution in [-0.4, -0.2) is 42.2 Å². The lowest BCUT2D eigenvalue weighted by Gasteiger charge is -2.15. The van der Waals surface area contributed by atoms with Gasteiger partial charge in [0.05, 0.1) is 19.9 Å². The molecule has 1 heterocycles.